The Balaban J connectivity index is 2.14. The molecule has 1 heterocycles. The number of hydrogen-bond donors (Lipinski definition) is 0. The van der Waals surface area contributed by atoms with E-state index in [0.29, 0.717) is 11.4 Å². The highest BCUT2D eigenvalue weighted by Gasteiger charge is 2.28. The summed E-state index contributed by atoms with van der Waals surface area (Å²) in [5.74, 6) is -0.989. The van der Waals surface area contributed by atoms with Crippen LogP contribution in [0.2, 0.25) is 5.02 Å². The van der Waals surface area contributed by atoms with E-state index in [9.17, 15) is 5.26 Å². The number of thioether (sulfide) groups is 1. The minimum absolute atomic E-state index is 0.0255. The van der Waals surface area contributed by atoms with E-state index in [1.165, 1.54) is 0 Å². The van der Waals surface area contributed by atoms with Crippen LogP contribution in [-0.2, 0) is 0 Å². The van der Waals surface area contributed by atoms with Gasteiger partial charge in [-0.1, -0.05) is 11.6 Å². The summed E-state index contributed by atoms with van der Waals surface area (Å²) in [6, 6.07) is 9.75. The molecule has 17 heavy (non-hydrogen) atoms. The van der Waals surface area contributed by atoms with Gasteiger partial charge in [0, 0.05) is 23.1 Å². The average Bonchev–Trinajstić information content (AvgIpc) is 2.37. The van der Waals surface area contributed by atoms with Crippen molar-refractivity contribution in [1.29, 1.82) is 5.26 Å². The van der Waals surface area contributed by atoms with Crippen molar-refractivity contribution in [2.45, 2.75) is 16.6 Å². The van der Waals surface area contributed by atoms with E-state index in [-0.39, 0.29) is 5.25 Å². The second-order valence-electron chi connectivity index (χ2n) is 4.21. The monoisotopic (exact) mass is 267 g/mol. The van der Waals surface area contributed by atoms with E-state index in [2.05, 4.69) is 11.0 Å². The Morgan fingerprint density at radius 1 is 1.53 bits per heavy atom. The van der Waals surface area contributed by atoms with Gasteiger partial charge in [-0.05, 0) is 44.3 Å². The first-order valence-electron chi connectivity index (χ1n) is 6.05. The van der Waals surface area contributed by atoms with E-state index in [1.54, 1.807) is 11.8 Å². The number of hydrogen-bond acceptors (Lipinski definition) is 3. The number of rotatable bonds is 2. The molecule has 1 fully saturated rings. The lowest BCUT2D eigenvalue weighted by atomic mass is 9.98. The van der Waals surface area contributed by atoms with Crippen molar-refractivity contribution in [3.05, 3.63) is 29.3 Å². The molecule has 1 aliphatic heterocycles. The van der Waals surface area contributed by atoms with Crippen LogP contribution in [0.15, 0.2) is 29.2 Å². The van der Waals surface area contributed by atoms with Crippen LogP contribution in [-0.4, -0.2) is 30.3 Å². The molecule has 1 saturated heterocycles. The number of nitrogens with zero attached hydrogens (tertiary/aromatic N) is 2. The first-order valence-corrected chi connectivity index (χ1v) is 6.81. The molecule has 0 radical (unpaired) electrons. The van der Waals surface area contributed by atoms with Crippen LogP contribution in [0.25, 0.3) is 0 Å². The Kier molecular flexibility index (Phi) is 3.87. The molecule has 2 atom stereocenters. The molecule has 1 aliphatic rings. The molecule has 1 aromatic rings. The first-order chi connectivity index (χ1) is 8.53. The standard InChI is InChI=1S/C13H15ClN2S/c1-16-7-6-10(8-15)13(9-16)17-12-4-2-11(14)3-5-12/h2-5,10,13H,6-7,9H2,1H3/t10-,13-/m1/s1/i10D. The molecular weight excluding hydrogens is 252 g/mol. The zero-order valence-corrected chi connectivity index (χ0v) is 11.3. The second-order valence-corrected chi connectivity index (χ2v) is 5.92. The Labute approximate surface area is 113 Å². The summed E-state index contributed by atoms with van der Waals surface area (Å²) < 4.78 is 8.27. The summed E-state index contributed by atoms with van der Waals surface area (Å²) in [6.45, 7) is 1.58. The van der Waals surface area contributed by atoms with Crippen LogP contribution in [0.4, 0.5) is 0 Å². The second kappa shape index (κ2) is 5.77. The van der Waals surface area contributed by atoms with Crippen LogP contribution in [0.5, 0.6) is 0 Å². The highest BCUT2D eigenvalue weighted by molar-refractivity contribution is 8.00. The predicted molar refractivity (Wildman–Crippen MR) is 72.3 cm³/mol. The minimum atomic E-state index is -0.989. The molecule has 0 saturated carbocycles. The number of nitriles is 1. The van der Waals surface area contributed by atoms with Crippen LogP contribution >= 0.6 is 23.4 Å². The third-order valence-electron chi connectivity index (χ3n) is 2.86. The summed E-state index contributed by atoms with van der Waals surface area (Å²) in [6.07, 6.45) is 0.602. The smallest absolute Gasteiger partial charge is 0.0668 e. The quantitative estimate of drug-likeness (QED) is 0.823. The molecule has 1 aromatic carbocycles. The molecule has 4 heteroatoms. The van der Waals surface area contributed by atoms with Gasteiger partial charge in [-0.25, -0.2) is 0 Å². The molecule has 2 rings (SSSR count). The largest absolute Gasteiger partial charge is 0.305 e. The van der Waals surface area contributed by atoms with Crippen molar-refractivity contribution < 1.29 is 1.37 Å². The summed E-state index contributed by atoms with van der Waals surface area (Å²) in [7, 11) is 2.03. The maximum absolute atomic E-state index is 9.24. The van der Waals surface area contributed by atoms with Gasteiger partial charge in [0.2, 0.25) is 0 Å². The van der Waals surface area contributed by atoms with Crippen LogP contribution in [0.1, 0.15) is 7.79 Å². The number of halogens is 1. The topological polar surface area (TPSA) is 27.0 Å². The number of likely N-dealkylation sites (tertiary alicyclic amines) is 1. The van der Waals surface area contributed by atoms with Crippen molar-refractivity contribution in [2.24, 2.45) is 5.89 Å². The van der Waals surface area contributed by atoms with Gasteiger partial charge >= 0.3 is 0 Å². The molecule has 90 valence electrons. The Hall–Kier alpha value is -0.690. The summed E-state index contributed by atoms with van der Waals surface area (Å²) in [5, 5.41) is 9.92. The Morgan fingerprint density at radius 3 is 2.88 bits per heavy atom. The summed E-state index contributed by atoms with van der Waals surface area (Å²) >= 11 is 7.45. The predicted octanol–water partition coefficient (Wildman–Crippen LogP) is 3.28. The van der Waals surface area contributed by atoms with Gasteiger partial charge < -0.3 is 4.90 Å². The Bertz CT molecular complexity index is 459. The van der Waals surface area contributed by atoms with Crippen LogP contribution in [0.3, 0.4) is 0 Å². The average molecular weight is 268 g/mol. The molecular formula is C13H15ClN2S. The molecule has 0 aromatic heterocycles. The maximum Gasteiger partial charge on any atom is 0.0668 e. The third kappa shape index (κ3) is 3.38. The van der Waals surface area contributed by atoms with Gasteiger partial charge in [0.15, 0.2) is 0 Å². The van der Waals surface area contributed by atoms with Gasteiger partial charge in [-0.15, -0.1) is 11.8 Å². The SMILES string of the molecule is [2H][C@]1(C#N)CCN(C)C[C@H]1Sc1ccc(Cl)cc1. The lowest BCUT2D eigenvalue weighted by molar-refractivity contribution is 0.254. The number of piperidine rings is 1. The van der Waals surface area contributed by atoms with E-state index in [4.69, 9.17) is 13.0 Å². The Morgan fingerprint density at radius 2 is 2.24 bits per heavy atom. The lowest BCUT2D eigenvalue weighted by Crippen LogP contribution is -2.39. The van der Waals surface area contributed by atoms with E-state index < -0.39 is 5.89 Å². The van der Waals surface area contributed by atoms with Crippen molar-refractivity contribution in [3.8, 4) is 6.07 Å². The highest BCUT2D eigenvalue weighted by Crippen LogP contribution is 2.33. The minimum Gasteiger partial charge on any atom is -0.305 e. The molecule has 0 amide bonds. The molecule has 0 unspecified atom stereocenters. The van der Waals surface area contributed by atoms with E-state index in [1.807, 2.05) is 31.3 Å². The fraction of sp³-hybridized carbons (Fsp3) is 0.462. The van der Waals surface area contributed by atoms with Crippen molar-refractivity contribution in [1.82, 2.24) is 4.90 Å². The summed E-state index contributed by atoms with van der Waals surface area (Å²) in [4.78, 5) is 3.24. The van der Waals surface area contributed by atoms with Gasteiger partial charge in [-0.2, -0.15) is 5.26 Å². The van der Waals surface area contributed by atoms with E-state index >= 15 is 0 Å². The third-order valence-corrected chi connectivity index (χ3v) is 4.38. The van der Waals surface area contributed by atoms with Gasteiger partial charge in [0.05, 0.1) is 12.0 Å². The van der Waals surface area contributed by atoms with Gasteiger partial charge in [-0.3, -0.25) is 0 Å². The van der Waals surface area contributed by atoms with Gasteiger partial charge in [0.25, 0.3) is 0 Å². The van der Waals surface area contributed by atoms with Crippen LogP contribution < -0.4 is 0 Å². The van der Waals surface area contributed by atoms with Crippen molar-refractivity contribution in [2.75, 3.05) is 20.1 Å². The van der Waals surface area contributed by atoms with Crippen molar-refractivity contribution >= 4 is 23.4 Å². The molecule has 0 spiro atoms. The summed E-state index contributed by atoms with van der Waals surface area (Å²) in [5.41, 5.74) is 0. The fourth-order valence-corrected chi connectivity index (χ4v) is 3.26. The fourth-order valence-electron chi connectivity index (χ4n) is 1.87. The van der Waals surface area contributed by atoms with Crippen LogP contribution in [0, 0.1) is 17.2 Å². The normalized spacial score (nSPS) is 30.6. The van der Waals surface area contributed by atoms with Crippen molar-refractivity contribution in [3.63, 3.8) is 0 Å². The first kappa shape index (κ1) is 11.4. The highest BCUT2D eigenvalue weighted by atomic mass is 35.5. The van der Waals surface area contributed by atoms with E-state index in [0.717, 1.165) is 18.0 Å². The molecule has 2 nitrogen and oxygen atoms in total. The maximum atomic E-state index is 9.24. The molecule has 0 aliphatic carbocycles. The lowest BCUT2D eigenvalue weighted by Gasteiger charge is -2.32. The zero-order valence-electron chi connectivity index (χ0n) is 10.7. The molecule has 0 bridgehead atoms. The van der Waals surface area contributed by atoms with Gasteiger partial charge in [0.1, 0.15) is 0 Å². The number of benzene rings is 1. The molecule has 0 N–H and O–H groups in total. The zero-order chi connectivity index (χ0) is 13.2.